The molecule has 1 amide bonds. The summed E-state index contributed by atoms with van der Waals surface area (Å²) in [5.41, 5.74) is 2.47. The number of hydrogen-bond donors (Lipinski definition) is 2. The van der Waals surface area contributed by atoms with Crippen molar-refractivity contribution >= 4 is 5.91 Å². The molecule has 3 rings (SSSR count). The molecule has 2 N–H and O–H groups in total. The van der Waals surface area contributed by atoms with Crippen molar-refractivity contribution in [3.05, 3.63) is 71.8 Å². The van der Waals surface area contributed by atoms with Crippen molar-refractivity contribution in [1.29, 1.82) is 0 Å². The van der Waals surface area contributed by atoms with E-state index in [0.717, 1.165) is 19.5 Å². The highest BCUT2D eigenvalue weighted by Gasteiger charge is 2.23. The Hall–Kier alpha value is -2.13. The molecule has 0 bridgehead atoms. The number of carbonyl (C=O) groups is 1. The largest absolute Gasteiger partial charge is 0.353 e. The van der Waals surface area contributed by atoms with E-state index in [2.05, 4.69) is 66.1 Å². The molecule has 2 aromatic rings. The monoisotopic (exact) mass is 336 g/mol. The average molecular weight is 336 g/mol. The molecular formula is C22H28N2O. The second-order valence-electron chi connectivity index (χ2n) is 7.05. The van der Waals surface area contributed by atoms with Gasteiger partial charge in [-0.1, -0.05) is 60.7 Å². The quantitative estimate of drug-likeness (QED) is 0.809. The van der Waals surface area contributed by atoms with Crippen LogP contribution in [0.1, 0.15) is 43.2 Å². The van der Waals surface area contributed by atoms with Gasteiger partial charge >= 0.3 is 0 Å². The molecule has 0 aliphatic carbocycles. The lowest BCUT2D eigenvalue weighted by Gasteiger charge is -2.26. The van der Waals surface area contributed by atoms with Crippen molar-refractivity contribution in [3.8, 4) is 0 Å². The number of hydrogen-bond acceptors (Lipinski definition) is 2. The zero-order valence-corrected chi connectivity index (χ0v) is 14.9. The van der Waals surface area contributed by atoms with Gasteiger partial charge in [-0.15, -0.1) is 0 Å². The van der Waals surface area contributed by atoms with Crippen LogP contribution >= 0.6 is 0 Å². The summed E-state index contributed by atoms with van der Waals surface area (Å²) in [6.45, 7) is 4.26. The maximum absolute atomic E-state index is 12.4. The van der Waals surface area contributed by atoms with Crippen molar-refractivity contribution < 1.29 is 4.79 Å². The molecule has 1 fully saturated rings. The van der Waals surface area contributed by atoms with Crippen molar-refractivity contribution in [1.82, 2.24) is 10.6 Å². The van der Waals surface area contributed by atoms with Gasteiger partial charge in [-0.3, -0.25) is 4.79 Å². The summed E-state index contributed by atoms with van der Waals surface area (Å²) in [5.74, 6) is 0.982. The van der Waals surface area contributed by atoms with Crippen LogP contribution in [-0.2, 0) is 4.79 Å². The van der Waals surface area contributed by atoms with Crippen molar-refractivity contribution in [2.75, 3.05) is 13.1 Å². The summed E-state index contributed by atoms with van der Waals surface area (Å²) in [6, 6.07) is 20.9. The lowest BCUT2D eigenvalue weighted by molar-refractivity contribution is -0.122. The van der Waals surface area contributed by atoms with Crippen LogP contribution < -0.4 is 10.6 Å². The Morgan fingerprint density at radius 3 is 2.20 bits per heavy atom. The summed E-state index contributed by atoms with van der Waals surface area (Å²) >= 11 is 0. The number of rotatable bonds is 7. The van der Waals surface area contributed by atoms with E-state index in [1.807, 2.05) is 12.1 Å². The molecule has 3 heteroatoms. The first-order valence-corrected chi connectivity index (χ1v) is 9.34. The van der Waals surface area contributed by atoms with E-state index in [1.165, 1.54) is 17.5 Å². The van der Waals surface area contributed by atoms with Crippen LogP contribution in [0.3, 0.4) is 0 Å². The standard InChI is InChI=1S/C22H28N2O/c1-17(24-21(25)13-12-18-14-15-23-16-18)22(19-8-4-2-5-9-19)20-10-6-3-7-11-20/h2-11,17-18,22-23H,12-16H2,1H3,(H,24,25). The molecule has 3 nitrogen and oxygen atoms in total. The Balaban J connectivity index is 1.66. The molecule has 1 heterocycles. The van der Waals surface area contributed by atoms with Gasteiger partial charge in [-0.2, -0.15) is 0 Å². The first-order chi connectivity index (χ1) is 12.2. The molecule has 2 unspecified atom stereocenters. The normalized spacial score (nSPS) is 18.2. The molecule has 132 valence electrons. The van der Waals surface area contributed by atoms with E-state index in [1.54, 1.807) is 0 Å². The van der Waals surface area contributed by atoms with E-state index < -0.39 is 0 Å². The lowest BCUT2D eigenvalue weighted by atomic mass is 9.85. The van der Waals surface area contributed by atoms with Crippen molar-refractivity contribution in [3.63, 3.8) is 0 Å². The van der Waals surface area contributed by atoms with Crippen molar-refractivity contribution in [2.45, 2.75) is 38.1 Å². The van der Waals surface area contributed by atoms with Crippen LogP contribution in [0.25, 0.3) is 0 Å². The van der Waals surface area contributed by atoms with E-state index in [4.69, 9.17) is 0 Å². The maximum atomic E-state index is 12.4. The minimum atomic E-state index is 0.0546. The van der Waals surface area contributed by atoms with Gasteiger partial charge in [0.25, 0.3) is 0 Å². The molecule has 0 aromatic heterocycles. The molecule has 0 spiro atoms. The molecule has 1 aliphatic heterocycles. The summed E-state index contributed by atoms with van der Waals surface area (Å²) in [7, 11) is 0. The minimum Gasteiger partial charge on any atom is -0.353 e. The topological polar surface area (TPSA) is 41.1 Å². The van der Waals surface area contributed by atoms with Crippen LogP contribution in [0.4, 0.5) is 0 Å². The summed E-state index contributed by atoms with van der Waals surface area (Å²) < 4.78 is 0. The van der Waals surface area contributed by atoms with Crippen LogP contribution in [-0.4, -0.2) is 25.0 Å². The second-order valence-corrected chi connectivity index (χ2v) is 7.05. The zero-order valence-electron chi connectivity index (χ0n) is 14.9. The van der Waals surface area contributed by atoms with Crippen LogP contribution in [0, 0.1) is 5.92 Å². The molecule has 2 aromatic carbocycles. The minimum absolute atomic E-state index is 0.0546. The number of nitrogens with one attached hydrogen (secondary N) is 2. The fraction of sp³-hybridized carbons (Fsp3) is 0.409. The number of carbonyl (C=O) groups excluding carboxylic acids is 1. The molecule has 0 saturated carbocycles. The van der Waals surface area contributed by atoms with Gasteiger partial charge in [0.05, 0.1) is 0 Å². The summed E-state index contributed by atoms with van der Waals surface area (Å²) in [5, 5.41) is 6.61. The Morgan fingerprint density at radius 1 is 1.08 bits per heavy atom. The molecular weight excluding hydrogens is 308 g/mol. The first kappa shape index (κ1) is 17.7. The van der Waals surface area contributed by atoms with Crippen LogP contribution in [0.5, 0.6) is 0 Å². The van der Waals surface area contributed by atoms with Gasteiger partial charge in [0.2, 0.25) is 5.91 Å². The van der Waals surface area contributed by atoms with Gasteiger partial charge in [0.1, 0.15) is 0 Å². The fourth-order valence-electron chi connectivity index (χ4n) is 3.80. The van der Waals surface area contributed by atoms with Gasteiger partial charge in [-0.05, 0) is 49.9 Å². The van der Waals surface area contributed by atoms with Gasteiger partial charge in [0.15, 0.2) is 0 Å². The molecule has 1 saturated heterocycles. The van der Waals surface area contributed by atoms with E-state index in [-0.39, 0.29) is 17.9 Å². The van der Waals surface area contributed by atoms with Gasteiger partial charge in [-0.25, -0.2) is 0 Å². The molecule has 0 radical (unpaired) electrons. The van der Waals surface area contributed by atoms with Gasteiger partial charge in [0, 0.05) is 18.4 Å². The highest BCUT2D eigenvalue weighted by atomic mass is 16.1. The van der Waals surface area contributed by atoms with Crippen LogP contribution in [0.2, 0.25) is 0 Å². The Morgan fingerprint density at radius 2 is 1.68 bits per heavy atom. The third-order valence-electron chi connectivity index (χ3n) is 5.15. The number of benzene rings is 2. The van der Waals surface area contributed by atoms with Gasteiger partial charge < -0.3 is 10.6 Å². The lowest BCUT2D eigenvalue weighted by Crippen LogP contribution is -2.37. The average Bonchev–Trinajstić information content (AvgIpc) is 3.16. The predicted molar refractivity (Wildman–Crippen MR) is 103 cm³/mol. The summed E-state index contributed by atoms with van der Waals surface area (Å²) in [4.78, 5) is 12.4. The Kier molecular flexibility index (Phi) is 6.24. The third-order valence-corrected chi connectivity index (χ3v) is 5.15. The highest BCUT2D eigenvalue weighted by Crippen LogP contribution is 2.28. The van der Waals surface area contributed by atoms with E-state index in [0.29, 0.717) is 12.3 Å². The zero-order chi connectivity index (χ0) is 17.5. The highest BCUT2D eigenvalue weighted by molar-refractivity contribution is 5.76. The fourth-order valence-corrected chi connectivity index (χ4v) is 3.80. The predicted octanol–water partition coefficient (Wildman–Crippen LogP) is 3.71. The Labute approximate surface area is 150 Å². The number of amides is 1. The molecule has 25 heavy (non-hydrogen) atoms. The van der Waals surface area contributed by atoms with E-state index >= 15 is 0 Å². The molecule has 1 aliphatic rings. The molecule has 2 atom stereocenters. The van der Waals surface area contributed by atoms with Crippen molar-refractivity contribution in [2.24, 2.45) is 5.92 Å². The smallest absolute Gasteiger partial charge is 0.220 e. The van der Waals surface area contributed by atoms with Crippen LogP contribution in [0.15, 0.2) is 60.7 Å². The maximum Gasteiger partial charge on any atom is 0.220 e. The Bertz CT molecular complexity index is 611. The van der Waals surface area contributed by atoms with E-state index in [9.17, 15) is 4.79 Å². The second kappa shape index (κ2) is 8.82. The third kappa shape index (κ3) is 4.93. The SMILES string of the molecule is CC(NC(=O)CCC1CCNC1)C(c1ccccc1)c1ccccc1. The first-order valence-electron chi connectivity index (χ1n) is 9.34. The summed E-state index contributed by atoms with van der Waals surface area (Å²) in [6.07, 6.45) is 2.79.